The third-order valence-corrected chi connectivity index (χ3v) is 6.36. The Morgan fingerprint density at radius 1 is 1.09 bits per heavy atom. The van der Waals surface area contributed by atoms with E-state index in [0.717, 1.165) is 5.56 Å². The summed E-state index contributed by atoms with van der Waals surface area (Å²) in [5.74, 6) is -1.52. The van der Waals surface area contributed by atoms with Gasteiger partial charge in [0.25, 0.3) is 0 Å². The van der Waals surface area contributed by atoms with Crippen LogP contribution in [0.2, 0.25) is 0 Å². The Hall–Kier alpha value is -2.01. The first-order chi connectivity index (χ1) is 10.4. The highest BCUT2D eigenvalue weighted by atomic mass is 32.2. The number of aldehydes is 1. The minimum Gasteiger partial charge on any atom is -0.303 e. The van der Waals surface area contributed by atoms with Crippen LogP contribution in [0.3, 0.4) is 0 Å². The molecule has 0 aliphatic heterocycles. The fourth-order valence-corrected chi connectivity index (χ4v) is 4.99. The van der Waals surface area contributed by atoms with Gasteiger partial charge < -0.3 is 4.79 Å². The summed E-state index contributed by atoms with van der Waals surface area (Å²) in [4.78, 5) is 11.4. The van der Waals surface area contributed by atoms with Crippen molar-refractivity contribution in [2.45, 2.75) is 23.0 Å². The quantitative estimate of drug-likeness (QED) is 0.815. The highest BCUT2D eigenvalue weighted by molar-refractivity contribution is 7.92. The summed E-state index contributed by atoms with van der Waals surface area (Å²) in [5, 5.41) is -0.811. The van der Waals surface area contributed by atoms with Crippen LogP contribution in [0.4, 0.5) is 4.39 Å². The van der Waals surface area contributed by atoms with Crippen LogP contribution in [0.15, 0.2) is 53.4 Å². The largest absolute Gasteiger partial charge is 0.303 e. The molecule has 0 aromatic heterocycles. The Balaban J connectivity index is 1.97. The number of aryl methyl sites for hydroxylation is 1. The third-order valence-electron chi connectivity index (χ3n) is 4.11. The summed E-state index contributed by atoms with van der Waals surface area (Å²) >= 11 is 0. The Labute approximate surface area is 128 Å². The molecule has 1 aliphatic carbocycles. The van der Waals surface area contributed by atoms with Crippen LogP contribution in [0.25, 0.3) is 0 Å². The molecule has 0 unspecified atom stereocenters. The Morgan fingerprint density at radius 2 is 1.77 bits per heavy atom. The maximum Gasteiger partial charge on any atom is 0.182 e. The monoisotopic (exact) mass is 318 g/mol. The van der Waals surface area contributed by atoms with Gasteiger partial charge in [-0.3, -0.25) is 0 Å². The van der Waals surface area contributed by atoms with Gasteiger partial charge in [0, 0.05) is 11.8 Å². The van der Waals surface area contributed by atoms with Crippen molar-refractivity contribution >= 4 is 16.1 Å². The lowest BCUT2D eigenvalue weighted by Gasteiger charge is -2.05. The number of hydrogen-bond donors (Lipinski definition) is 0. The summed E-state index contributed by atoms with van der Waals surface area (Å²) in [6, 6.07) is 12.3. The molecular weight excluding hydrogens is 303 g/mol. The molecule has 3 nitrogen and oxygen atoms in total. The number of hydrogen-bond acceptors (Lipinski definition) is 3. The van der Waals surface area contributed by atoms with Gasteiger partial charge in [-0.15, -0.1) is 0 Å². The van der Waals surface area contributed by atoms with Crippen molar-refractivity contribution in [3.05, 3.63) is 65.5 Å². The summed E-state index contributed by atoms with van der Waals surface area (Å²) < 4.78 is 38.7. The molecule has 5 heteroatoms. The molecule has 0 spiro atoms. The first kappa shape index (κ1) is 14.9. The lowest BCUT2D eigenvalue weighted by molar-refractivity contribution is -0.108. The normalized spacial score (nSPS) is 24.0. The summed E-state index contributed by atoms with van der Waals surface area (Å²) in [7, 11) is -3.61. The molecule has 114 valence electrons. The van der Waals surface area contributed by atoms with Crippen LogP contribution in [-0.2, 0) is 14.6 Å². The molecule has 0 bridgehead atoms. The van der Waals surface area contributed by atoms with E-state index < -0.39 is 32.7 Å². The van der Waals surface area contributed by atoms with Gasteiger partial charge in [0.15, 0.2) is 9.84 Å². The van der Waals surface area contributed by atoms with Gasteiger partial charge in [0.2, 0.25) is 0 Å². The van der Waals surface area contributed by atoms with E-state index in [1.54, 1.807) is 30.3 Å². The lowest BCUT2D eigenvalue weighted by atomic mass is 10.1. The molecule has 3 atom stereocenters. The number of carbonyl (C=O) groups excluding carboxylic acids is 1. The van der Waals surface area contributed by atoms with Gasteiger partial charge in [-0.2, -0.15) is 0 Å². The molecule has 0 heterocycles. The molecule has 22 heavy (non-hydrogen) atoms. The fraction of sp³-hybridized carbons (Fsp3) is 0.235. The molecule has 3 rings (SSSR count). The molecule has 1 fully saturated rings. The van der Waals surface area contributed by atoms with E-state index in [4.69, 9.17) is 0 Å². The highest BCUT2D eigenvalue weighted by Crippen LogP contribution is 2.52. The second kappa shape index (κ2) is 5.32. The van der Waals surface area contributed by atoms with Gasteiger partial charge in [-0.05, 0) is 36.8 Å². The van der Waals surface area contributed by atoms with Crippen molar-refractivity contribution in [2.24, 2.45) is 5.92 Å². The van der Waals surface area contributed by atoms with Gasteiger partial charge in [-0.25, -0.2) is 12.8 Å². The minimum atomic E-state index is -3.61. The maximum atomic E-state index is 13.3. The second-order valence-corrected chi connectivity index (χ2v) is 7.72. The van der Waals surface area contributed by atoms with Gasteiger partial charge in [0.05, 0.1) is 10.1 Å². The van der Waals surface area contributed by atoms with E-state index in [2.05, 4.69) is 0 Å². The SMILES string of the molecule is Cc1ccc(S(=O)(=O)[C@@H]2[C@H](C=O)[C@@H]2c2cccc(F)c2)cc1. The molecule has 2 aromatic carbocycles. The van der Waals surface area contributed by atoms with Crippen molar-refractivity contribution in [3.63, 3.8) is 0 Å². The van der Waals surface area contributed by atoms with Crippen LogP contribution in [-0.4, -0.2) is 20.0 Å². The smallest absolute Gasteiger partial charge is 0.182 e. The zero-order valence-corrected chi connectivity index (χ0v) is 12.8. The van der Waals surface area contributed by atoms with Crippen LogP contribution >= 0.6 is 0 Å². The molecule has 0 N–H and O–H groups in total. The van der Waals surface area contributed by atoms with E-state index in [-0.39, 0.29) is 4.90 Å². The van der Waals surface area contributed by atoms with Gasteiger partial charge in [-0.1, -0.05) is 29.8 Å². The Kier molecular flexibility index (Phi) is 3.60. The zero-order valence-electron chi connectivity index (χ0n) is 11.9. The number of benzene rings is 2. The van der Waals surface area contributed by atoms with Crippen molar-refractivity contribution in [1.29, 1.82) is 0 Å². The minimum absolute atomic E-state index is 0.203. The summed E-state index contributed by atoms with van der Waals surface area (Å²) in [6.45, 7) is 1.87. The predicted molar refractivity (Wildman–Crippen MR) is 80.8 cm³/mol. The Morgan fingerprint density at radius 3 is 2.36 bits per heavy atom. The standard InChI is InChI=1S/C17H15FO3S/c1-11-5-7-14(8-6-11)22(20,21)17-15(10-19)16(17)12-3-2-4-13(18)9-12/h2-10,15-17H,1H3/t15-,16+,17-/m1/s1. The zero-order chi connectivity index (χ0) is 15.9. The van der Waals surface area contributed by atoms with Crippen LogP contribution in [0, 0.1) is 18.7 Å². The molecule has 2 aromatic rings. The Bertz CT molecular complexity index is 812. The van der Waals surface area contributed by atoms with Crippen molar-refractivity contribution in [1.82, 2.24) is 0 Å². The van der Waals surface area contributed by atoms with Gasteiger partial charge >= 0.3 is 0 Å². The van der Waals surface area contributed by atoms with E-state index in [1.165, 1.54) is 18.2 Å². The van der Waals surface area contributed by atoms with Crippen molar-refractivity contribution < 1.29 is 17.6 Å². The predicted octanol–water partition coefficient (Wildman–Crippen LogP) is 2.89. The van der Waals surface area contributed by atoms with E-state index in [9.17, 15) is 17.6 Å². The van der Waals surface area contributed by atoms with Gasteiger partial charge in [0.1, 0.15) is 12.1 Å². The average molecular weight is 318 g/mol. The number of sulfone groups is 1. The number of halogens is 1. The molecule has 1 saturated carbocycles. The summed E-state index contributed by atoms with van der Waals surface area (Å²) in [6.07, 6.45) is 0.659. The second-order valence-electron chi connectivity index (χ2n) is 5.62. The highest BCUT2D eigenvalue weighted by Gasteiger charge is 2.59. The van der Waals surface area contributed by atoms with Crippen LogP contribution in [0.1, 0.15) is 17.0 Å². The lowest BCUT2D eigenvalue weighted by Crippen LogP contribution is -2.11. The van der Waals surface area contributed by atoms with Crippen molar-refractivity contribution in [3.8, 4) is 0 Å². The van der Waals surface area contributed by atoms with E-state index in [0.29, 0.717) is 11.8 Å². The molecular formula is C17H15FO3S. The first-order valence-electron chi connectivity index (χ1n) is 6.96. The first-order valence-corrected chi connectivity index (χ1v) is 8.51. The van der Waals surface area contributed by atoms with Crippen molar-refractivity contribution in [2.75, 3.05) is 0 Å². The molecule has 1 aliphatic rings. The molecule has 0 saturated heterocycles. The molecule has 0 amide bonds. The van der Waals surface area contributed by atoms with Crippen LogP contribution < -0.4 is 0 Å². The number of carbonyl (C=O) groups is 1. The molecule has 0 radical (unpaired) electrons. The third kappa shape index (κ3) is 2.46. The topological polar surface area (TPSA) is 51.2 Å². The number of rotatable bonds is 4. The average Bonchev–Trinajstić information content (AvgIpc) is 3.23. The maximum absolute atomic E-state index is 13.3. The van der Waals surface area contributed by atoms with E-state index in [1.807, 2.05) is 6.92 Å². The summed E-state index contributed by atoms with van der Waals surface area (Å²) in [5.41, 5.74) is 1.51. The van der Waals surface area contributed by atoms with E-state index >= 15 is 0 Å². The van der Waals surface area contributed by atoms with Crippen LogP contribution in [0.5, 0.6) is 0 Å². The fourth-order valence-electron chi connectivity index (χ4n) is 2.88.